The van der Waals surface area contributed by atoms with E-state index in [0.717, 1.165) is 25.9 Å². The summed E-state index contributed by atoms with van der Waals surface area (Å²) in [5, 5.41) is 14.5. The third kappa shape index (κ3) is 6.22. The van der Waals surface area contributed by atoms with Gasteiger partial charge < -0.3 is 20.1 Å². The molecule has 0 radical (unpaired) electrons. The van der Waals surface area contributed by atoms with Gasteiger partial charge in [0.1, 0.15) is 11.6 Å². The fourth-order valence-corrected chi connectivity index (χ4v) is 1.76. The van der Waals surface area contributed by atoms with E-state index in [1.54, 1.807) is 7.11 Å². The molecule has 0 aromatic heterocycles. The van der Waals surface area contributed by atoms with Crippen LogP contribution in [0.2, 0.25) is 0 Å². The molecule has 6 heteroatoms. The first-order chi connectivity index (χ1) is 9.27. The monoisotopic (exact) mass is 267 g/mol. The first-order valence-corrected chi connectivity index (χ1v) is 6.50. The van der Waals surface area contributed by atoms with E-state index in [9.17, 15) is 4.79 Å². The normalized spacial score (nSPS) is 18.9. The summed E-state index contributed by atoms with van der Waals surface area (Å²) in [5.41, 5.74) is 0.0791. The number of hydrogen-bond donors (Lipinski definition) is 2. The highest BCUT2D eigenvalue weighted by atomic mass is 16.5. The molecule has 19 heavy (non-hydrogen) atoms. The maximum atomic E-state index is 11.7. The van der Waals surface area contributed by atoms with Gasteiger partial charge in [0.15, 0.2) is 0 Å². The molecule has 0 aliphatic carbocycles. The van der Waals surface area contributed by atoms with Gasteiger partial charge in [-0.3, -0.25) is 4.79 Å². The molecule has 106 valence electrons. The van der Waals surface area contributed by atoms with Crippen LogP contribution in [0.1, 0.15) is 19.3 Å². The fourth-order valence-electron chi connectivity index (χ4n) is 1.76. The van der Waals surface area contributed by atoms with Crippen LogP contribution < -0.4 is 10.6 Å². The number of nitrogens with one attached hydrogen (secondary N) is 2. The number of carbonyl (C=O) groups is 1. The number of ether oxygens (including phenoxy) is 2. The molecule has 1 rings (SSSR count). The molecule has 1 fully saturated rings. The highest BCUT2D eigenvalue weighted by Gasteiger charge is 2.14. The topological polar surface area (TPSA) is 83.4 Å². The van der Waals surface area contributed by atoms with Gasteiger partial charge in [0.2, 0.25) is 0 Å². The van der Waals surface area contributed by atoms with Crippen LogP contribution >= 0.6 is 0 Å². The lowest BCUT2D eigenvalue weighted by atomic mass is 10.2. The minimum atomic E-state index is -0.363. The first kappa shape index (κ1) is 15.5. The van der Waals surface area contributed by atoms with Gasteiger partial charge in [-0.15, -0.1) is 0 Å². The molecule has 1 aliphatic rings. The van der Waals surface area contributed by atoms with E-state index in [1.807, 2.05) is 6.07 Å². The summed E-state index contributed by atoms with van der Waals surface area (Å²) < 4.78 is 10.3. The predicted octanol–water partition coefficient (Wildman–Crippen LogP) is 0.315. The SMILES string of the molecule is COCCCNC(=O)/C(C#N)=C\NCC1CCCO1. The molecule has 1 aliphatic heterocycles. The van der Waals surface area contributed by atoms with Crippen LogP contribution in [0, 0.1) is 11.3 Å². The van der Waals surface area contributed by atoms with Crippen LogP contribution in [0.4, 0.5) is 0 Å². The van der Waals surface area contributed by atoms with Crippen molar-refractivity contribution < 1.29 is 14.3 Å². The highest BCUT2D eigenvalue weighted by molar-refractivity contribution is 5.97. The molecule has 1 heterocycles. The summed E-state index contributed by atoms with van der Waals surface area (Å²) in [6.07, 6.45) is 4.45. The average molecular weight is 267 g/mol. The molecule has 1 amide bonds. The lowest BCUT2D eigenvalue weighted by Crippen LogP contribution is -2.28. The highest BCUT2D eigenvalue weighted by Crippen LogP contribution is 2.10. The largest absolute Gasteiger partial charge is 0.387 e. The summed E-state index contributed by atoms with van der Waals surface area (Å²) in [6, 6.07) is 1.88. The number of carbonyl (C=O) groups excluding carboxylic acids is 1. The molecule has 6 nitrogen and oxygen atoms in total. The lowest BCUT2D eigenvalue weighted by Gasteiger charge is -2.09. The van der Waals surface area contributed by atoms with Crippen LogP contribution in [0.15, 0.2) is 11.8 Å². The minimum Gasteiger partial charge on any atom is -0.387 e. The summed E-state index contributed by atoms with van der Waals surface area (Å²) in [7, 11) is 1.61. The van der Waals surface area contributed by atoms with Crippen molar-refractivity contribution in [2.45, 2.75) is 25.4 Å². The van der Waals surface area contributed by atoms with E-state index in [0.29, 0.717) is 19.7 Å². The van der Waals surface area contributed by atoms with Crippen molar-refractivity contribution in [2.75, 3.05) is 33.4 Å². The van der Waals surface area contributed by atoms with Crippen LogP contribution in [0.5, 0.6) is 0 Å². The Kier molecular flexibility index (Phi) is 7.63. The second-order valence-electron chi connectivity index (χ2n) is 4.32. The second kappa shape index (κ2) is 9.36. The predicted molar refractivity (Wildman–Crippen MR) is 70.2 cm³/mol. The van der Waals surface area contributed by atoms with Crippen LogP contribution in [-0.2, 0) is 14.3 Å². The molecule has 1 atom stereocenters. The van der Waals surface area contributed by atoms with E-state index in [1.165, 1.54) is 6.20 Å². The molecule has 0 aromatic carbocycles. The minimum absolute atomic E-state index is 0.0791. The molecule has 2 N–H and O–H groups in total. The van der Waals surface area contributed by atoms with Gasteiger partial charge in [0, 0.05) is 39.6 Å². The number of hydrogen-bond acceptors (Lipinski definition) is 5. The summed E-state index contributed by atoms with van der Waals surface area (Å²) in [4.78, 5) is 11.7. The van der Waals surface area contributed by atoms with Gasteiger partial charge in [-0.25, -0.2) is 0 Å². The van der Waals surface area contributed by atoms with Crippen LogP contribution in [0.3, 0.4) is 0 Å². The van der Waals surface area contributed by atoms with Gasteiger partial charge in [0.05, 0.1) is 6.10 Å². The Morgan fingerprint density at radius 1 is 1.63 bits per heavy atom. The lowest BCUT2D eigenvalue weighted by molar-refractivity contribution is -0.117. The van der Waals surface area contributed by atoms with Crippen molar-refractivity contribution in [3.63, 3.8) is 0 Å². The van der Waals surface area contributed by atoms with Crippen molar-refractivity contribution >= 4 is 5.91 Å². The van der Waals surface area contributed by atoms with E-state index in [4.69, 9.17) is 14.7 Å². The summed E-state index contributed by atoms with van der Waals surface area (Å²) >= 11 is 0. The van der Waals surface area contributed by atoms with Crippen molar-refractivity contribution in [2.24, 2.45) is 0 Å². The number of nitrogens with zero attached hydrogens (tertiary/aromatic N) is 1. The molecular formula is C13H21N3O3. The standard InChI is InChI=1S/C13H21N3O3/c1-18-6-3-5-16-13(17)11(8-14)9-15-10-12-4-2-7-19-12/h9,12,15H,2-7,10H2,1H3,(H,16,17)/b11-9-. The second-order valence-corrected chi connectivity index (χ2v) is 4.32. The van der Waals surface area contributed by atoms with Gasteiger partial charge in [-0.1, -0.05) is 0 Å². The van der Waals surface area contributed by atoms with Crippen molar-refractivity contribution in [3.05, 3.63) is 11.8 Å². The Balaban J connectivity index is 2.25. The van der Waals surface area contributed by atoms with E-state index in [2.05, 4.69) is 10.6 Å². The third-order valence-electron chi connectivity index (χ3n) is 2.79. The van der Waals surface area contributed by atoms with E-state index >= 15 is 0 Å². The maximum absolute atomic E-state index is 11.7. The first-order valence-electron chi connectivity index (χ1n) is 6.50. The zero-order valence-electron chi connectivity index (χ0n) is 11.3. The average Bonchev–Trinajstić information content (AvgIpc) is 2.92. The quantitative estimate of drug-likeness (QED) is 0.376. The van der Waals surface area contributed by atoms with Crippen molar-refractivity contribution in [1.29, 1.82) is 5.26 Å². The van der Waals surface area contributed by atoms with E-state index < -0.39 is 0 Å². The Morgan fingerprint density at radius 2 is 2.47 bits per heavy atom. The fraction of sp³-hybridized carbons (Fsp3) is 0.692. The Bertz CT molecular complexity index is 344. The van der Waals surface area contributed by atoms with E-state index in [-0.39, 0.29) is 17.6 Å². The molecule has 0 saturated carbocycles. The third-order valence-corrected chi connectivity index (χ3v) is 2.79. The molecular weight excluding hydrogens is 246 g/mol. The number of nitriles is 1. The van der Waals surface area contributed by atoms with Crippen molar-refractivity contribution in [3.8, 4) is 6.07 Å². The molecule has 0 spiro atoms. The van der Waals surface area contributed by atoms with Gasteiger partial charge in [-0.2, -0.15) is 5.26 Å². The van der Waals surface area contributed by atoms with Gasteiger partial charge in [-0.05, 0) is 19.3 Å². The van der Waals surface area contributed by atoms with Crippen LogP contribution in [-0.4, -0.2) is 45.4 Å². The molecule has 0 aromatic rings. The van der Waals surface area contributed by atoms with Gasteiger partial charge in [0.25, 0.3) is 5.91 Å². The molecule has 0 bridgehead atoms. The summed E-state index contributed by atoms with van der Waals surface area (Å²) in [5.74, 6) is -0.363. The number of rotatable bonds is 8. The molecule has 1 saturated heterocycles. The van der Waals surface area contributed by atoms with Crippen LogP contribution in [0.25, 0.3) is 0 Å². The zero-order valence-corrected chi connectivity index (χ0v) is 11.3. The Morgan fingerprint density at radius 3 is 3.11 bits per heavy atom. The summed E-state index contributed by atoms with van der Waals surface area (Å²) in [6.45, 7) is 2.50. The maximum Gasteiger partial charge on any atom is 0.263 e. The Labute approximate surface area is 113 Å². The number of amides is 1. The smallest absolute Gasteiger partial charge is 0.263 e. The van der Waals surface area contributed by atoms with Crippen molar-refractivity contribution in [1.82, 2.24) is 10.6 Å². The Hall–Kier alpha value is -1.58. The van der Waals surface area contributed by atoms with Gasteiger partial charge >= 0.3 is 0 Å². The number of methoxy groups -OCH3 is 1. The zero-order chi connectivity index (χ0) is 13.9. The molecule has 1 unspecified atom stereocenters.